The van der Waals surface area contributed by atoms with Crippen molar-refractivity contribution in [2.24, 2.45) is 0 Å². The normalized spacial score (nSPS) is 11.3. The molecule has 1 N–H and O–H groups in total. The number of thioether (sulfide) groups is 1. The number of benzene rings is 1. The number of hydrogen-bond donors (Lipinski definition) is 1. The van der Waals surface area contributed by atoms with Gasteiger partial charge in [0, 0.05) is 42.2 Å². The molecule has 3 heterocycles. The first kappa shape index (κ1) is 26.2. The summed E-state index contributed by atoms with van der Waals surface area (Å²) in [6.07, 6.45) is 2.94. The van der Waals surface area contributed by atoms with Gasteiger partial charge in [-0.1, -0.05) is 54.5 Å². The number of amides is 1. The smallest absolute Gasteiger partial charge is 0.355 e. The van der Waals surface area contributed by atoms with E-state index in [0.29, 0.717) is 37.7 Å². The van der Waals surface area contributed by atoms with Crippen LogP contribution < -0.4 is 0 Å². The quantitative estimate of drug-likeness (QED) is 0.277. The molecule has 0 atom stereocenters. The number of nitrogens with zero attached hydrogens (tertiary/aromatic N) is 6. The maximum atomic E-state index is 12.4. The van der Waals surface area contributed by atoms with Gasteiger partial charge in [-0.15, -0.1) is 11.8 Å². The maximum absolute atomic E-state index is 12.4. The molecule has 13 heteroatoms. The standard InChI is InChI=1S/C23H22Cl2N6O3S2/c1-11(2)35-21-18(13-6-7-15(24)16(25)8-13)27-22(36-21)31-19(20(32)33)17(12(3)28-31)14-9-26-30(10-14)23(34)29(4)5/h6-11H,1-5H3,(H,32,33). The van der Waals surface area contributed by atoms with Gasteiger partial charge in [0.25, 0.3) is 0 Å². The van der Waals surface area contributed by atoms with Crippen molar-refractivity contribution >= 4 is 58.3 Å². The van der Waals surface area contributed by atoms with Crippen molar-refractivity contribution in [3.05, 3.63) is 52.0 Å². The van der Waals surface area contributed by atoms with E-state index >= 15 is 0 Å². The molecule has 188 valence electrons. The molecule has 0 aliphatic heterocycles. The molecular formula is C23H22Cl2N6O3S2. The average Bonchev–Trinajstić information content (AvgIpc) is 3.51. The van der Waals surface area contributed by atoms with E-state index in [1.807, 2.05) is 6.07 Å². The number of carboxylic acid groups (broad SMARTS) is 1. The highest BCUT2D eigenvalue weighted by molar-refractivity contribution is 8.01. The molecular weight excluding hydrogens is 543 g/mol. The fourth-order valence-electron chi connectivity index (χ4n) is 3.48. The van der Waals surface area contributed by atoms with Gasteiger partial charge < -0.3 is 10.0 Å². The zero-order valence-electron chi connectivity index (χ0n) is 20.0. The number of halogens is 2. The SMILES string of the molecule is Cc1nn(-c2nc(-c3ccc(Cl)c(Cl)c3)c(SC(C)C)s2)c(C(=O)O)c1-c1cnn(C(=O)N(C)C)c1. The minimum absolute atomic E-state index is 0.0695. The van der Waals surface area contributed by atoms with Gasteiger partial charge in [-0.3, -0.25) is 0 Å². The van der Waals surface area contributed by atoms with Crippen molar-refractivity contribution in [2.75, 3.05) is 14.1 Å². The van der Waals surface area contributed by atoms with Crippen LogP contribution in [0.5, 0.6) is 0 Å². The number of thiazole rings is 1. The number of carbonyl (C=O) groups is 2. The minimum atomic E-state index is -1.18. The molecule has 0 fully saturated rings. The summed E-state index contributed by atoms with van der Waals surface area (Å²) >= 11 is 15.3. The van der Waals surface area contributed by atoms with Crippen LogP contribution in [0, 0.1) is 6.92 Å². The van der Waals surface area contributed by atoms with Gasteiger partial charge in [-0.25, -0.2) is 14.6 Å². The van der Waals surface area contributed by atoms with Gasteiger partial charge in [-0.05, 0) is 19.1 Å². The number of aromatic nitrogens is 5. The molecule has 0 radical (unpaired) electrons. The third-order valence-corrected chi connectivity index (χ3v) is 8.00. The Labute approximate surface area is 225 Å². The van der Waals surface area contributed by atoms with Crippen LogP contribution in [-0.2, 0) is 0 Å². The predicted octanol–water partition coefficient (Wildman–Crippen LogP) is 6.20. The maximum Gasteiger partial charge on any atom is 0.355 e. The van der Waals surface area contributed by atoms with Crippen molar-refractivity contribution in [3.8, 4) is 27.5 Å². The molecule has 9 nitrogen and oxygen atoms in total. The van der Waals surface area contributed by atoms with Crippen LogP contribution in [0.3, 0.4) is 0 Å². The number of aryl methyl sites for hydroxylation is 1. The second kappa shape index (κ2) is 10.3. The Kier molecular flexibility index (Phi) is 7.46. The summed E-state index contributed by atoms with van der Waals surface area (Å²) in [5, 5.41) is 20.3. The van der Waals surface area contributed by atoms with E-state index in [2.05, 4.69) is 24.0 Å². The van der Waals surface area contributed by atoms with Crippen LogP contribution in [-0.4, -0.2) is 65.9 Å². The Morgan fingerprint density at radius 1 is 1.17 bits per heavy atom. The summed E-state index contributed by atoms with van der Waals surface area (Å²) in [6, 6.07) is 4.91. The lowest BCUT2D eigenvalue weighted by atomic mass is 10.1. The van der Waals surface area contributed by atoms with Crippen molar-refractivity contribution in [1.82, 2.24) is 29.4 Å². The molecule has 1 aromatic carbocycles. The van der Waals surface area contributed by atoms with Crippen molar-refractivity contribution in [1.29, 1.82) is 0 Å². The topological polar surface area (TPSA) is 106 Å². The van der Waals surface area contributed by atoms with Gasteiger partial charge >= 0.3 is 12.0 Å². The predicted molar refractivity (Wildman–Crippen MR) is 143 cm³/mol. The third-order valence-electron chi connectivity index (χ3n) is 5.01. The zero-order chi connectivity index (χ0) is 26.3. The van der Waals surface area contributed by atoms with Crippen molar-refractivity contribution < 1.29 is 14.7 Å². The van der Waals surface area contributed by atoms with Gasteiger partial charge in [0.15, 0.2) is 5.69 Å². The highest BCUT2D eigenvalue weighted by Crippen LogP contribution is 2.42. The largest absolute Gasteiger partial charge is 0.476 e. The molecule has 0 bridgehead atoms. The fraction of sp³-hybridized carbons (Fsp3) is 0.261. The summed E-state index contributed by atoms with van der Waals surface area (Å²) in [5.41, 5.74) is 2.66. The number of hydrogen-bond acceptors (Lipinski definition) is 7. The molecule has 36 heavy (non-hydrogen) atoms. The van der Waals surface area contributed by atoms with Crippen molar-refractivity contribution in [3.63, 3.8) is 0 Å². The molecule has 3 aromatic heterocycles. The van der Waals surface area contributed by atoms with E-state index in [1.165, 1.54) is 33.3 Å². The third kappa shape index (κ3) is 5.01. The van der Waals surface area contributed by atoms with E-state index in [9.17, 15) is 14.7 Å². The van der Waals surface area contributed by atoms with Gasteiger partial charge in [0.2, 0.25) is 5.13 Å². The summed E-state index contributed by atoms with van der Waals surface area (Å²) in [5.74, 6) is -1.18. The second-order valence-electron chi connectivity index (χ2n) is 8.30. The highest BCUT2D eigenvalue weighted by Gasteiger charge is 2.28. The van der Waals surface area contributed by atoms with Gasteiger partial charge in [-0.2, -0.15) is 19.6 Å². The number of carbonyl (C=O) groups excluding carboxylic acids is 1. The average molecular weight is 566 g/mol. The summed E-state index contributed by atoms with van der Waals surface area (Å²) < 4.78 is 3.38. The van der Waals surface area contributed by atoms with Crippen LogP contribution >= 0.6 is 46.3 Å². The Balaban J connectivity index is 1.87. The van der Waals surface area contributed by atoms with E-state index in [-0.39, 0.29) is 17.0 Å². The molecule has 0 saturated heterocycles. The van der Waals surface area contributed by atoms with Crippen LogP contribution in [0.2, 0.25) is 10.0 Å². The summed E-state index contributed by atoms with van der Waals surface area (Å²) in [7, 11) is 3.21. The first-order valence-corrected chi connectivity index (χ1v) is 13.2. The van der Waals surface area contributed by atoms with Crippen LogP contribution in [0.1, 0.15) is 30.0 Å². The lowest BCUT2D eigenvalue weighted by Crippen LogP contribution is -2.27. The van der Waals surface area contributed by atoms with Gasteiger partial charge in [0.05, 0.1) is 31.8 Å². The molecule has 0 spiro atoms. The van der Waals surface area contributed by atoms with Gasteiger partial charge in [0.1, 0.15) is 0 Å². The second-order valence-corrected chi connectivity index (χ2v) is 11.9. The molecule has 0 aliphatic carbocycles. The van der Waals surface area contributed by atoms with Crippen LogP contribution in [0.4, 0.5) is 4.79 Å². The Morgan fingerprint density at radius 3 is 2.50 bits per heavy atom. The number of aromatic carboxylic acids is 1. The number of rotatable bonds is 6. The Morgan fingerprint density at radius 2 is 1.89 bits per heavy atom. The van der Waals surface area contributed by atoms with E-state index in [4.69, 9.17) is 28.2 Å². The monoisotopic (exact) mass is 564 g/mol. The molecule has 0 saturated carbocycles. The van der Waals surface area contributed by atoms with Crippen molar-refractivity contribution in [2.45, 2.75) is 30.2 Å². The van der Waals surface area contributed by atoms with Crippen LogP contribution in [0.25, 0.3) is 27.5 Å². The first-order chi connectivity index (χ1) is 17.0. The molecule has 0 unspecified atom stereocenters. The van der Waals surface area contributed by atoms with E-state index in [1.54, 1.807) is 44.9 Å². The lowest BCUT2D eigenvalue weighted by molar-refractivity contribution is 0.0688. The molecule has 4 aromatic rings. The van der Waals surface area contributed by atoms with E-state index < -0.39 is 5.97 Å². The summed E-state index contributed by atoms with van der Waals surface area (Å²) in [4.78, 5) is 30.9. The zero-order valence-corrected chi connectivity index (χ0v) is 23.1. The molecule has 1 amide bonds. The lowest BCUT2D eigenvalue weighted by Gasteiger charge is -2.08. The Hall–Kier alpha value is -2.86. The molecule has 4 rings (SSSR count). The first-order valence-electron chi connectivity index (χ1n) is 10.7. The highest BCUT2D eigenvalue weighted by atomic mass is 35.5. The Bertz CT molecular complexity index is 1470. The van der Waals surface area contributed by atoms with E-state index in [0.717, 1.165) is 14.5 Å². The number of carboxylic acids is 1. The van der Waals surface area contributed by atoms with Crippen LogP contribution in [0.15, 0.2) is 34.8 Å². The molecule has 0 aliphatic rings. The summed E-state index contributed by atoms with van der Waals surface area (Å²) in [6.45, 7) is 5.84. The fourth-order valence-corrected chi connectivity index (χ4v) is 6.25. The minimum Gasteiger partial charge on any atom is -0.476 e.